The molecule has 1 amide bonds. The van der Waals surface area contributed by atoms with Gasteiger partial charge in [0.2, 0.25) is 0 Å². The number of hydrogen-bond donors (Lipinski definition) is 5. The molecule has 0 aliphatic carbocycles. The minimum Gasteiger partial charge on any atom is -0.332 e. The topological polar surface area (TPSA) is 141 Å². The van der Waals surface area contributed by atoms with Crippen molar-refractivity contribution in [2.24, 2.45) is 11.5 Å². The van der Waals surface area contributed by atoms with E-state index in [1.165, 1.54) is 36.4 Å². The molecule has 0 saturated heterocycles. The van der Waals surface area contributed by atoms with E-state index in [1.807, 2.05) is 4.40 Å². The molecule has 0 heterocycles. The molecule has 0 spiro atoms. The number of sulfonamides is 1. The molecule has 0 bridgehead atoms. The monoisotopic (exact) mass is 396 g/mol. The summed E-state index contributed by atoms with van der Waals surface area (Å²) in [5.74, 6) is -1.42. The van der Waals surface area contributed by atoms with E-state index in [2.05, 4.69) is 10.6 Å². The maximum Gasteiger partial charge on any atom is 0.353 e. The molecule has 0 aliphatic rings. The third-order valence-corrected chi connectivity index (χ3v) is 4.61. The molecule has 2 rings (SSSR count). The van der Waals surface area contributed by atoms with E-state index in [-0.39, 0.29) is 15.6 Å². The summed E-state index contributed by atoms with van der Waals surface area (Å²) in [7, 11) is -3.86. The van der Waals surface area contributed by atoms with Crippen molar-refractivity contribution in [2.45, 2.75) is 4.90 Å². The Morgan fingerprint density at radius 3 is 2.15 bits per heavy atom. The highest BCUT2D eigenvalue weighted by molar-refractivity contribution is 7.84. The number of benzene rings is 2. The maximum atomic E-state index is 12.9. The summed E-state index contributed by atoms with van der Waals surface area (Å²) < 4.78 is 38.6. The molecule has 136 valence electrons. The van der Waals surface area contributed by atoms with Crippen LogP contribution < -0.4 is 26.5 Å². The molecule has 0 aliphatic heterocycles. The Labute approximate surface area is 154 Å². The Hall–Kier alpha value is -3.05. The second-order valence-corrected chi connectivity index (χ2v) is 7.09. The molecule has 0 saturated carbocycles. The fraction of sp³-hybridized carbons (Fsp3) is 0. The third-order valence-electron chi connectivity index (χ3n) is 3.01. The average molecular weight is 396 g/mol. The molecule has 11 heteroatoms. The Morgan fingerprint density at radius 2 is 1.62 bits per heavy atom. The van der Waals surface area contributed by atoms with E-state index in [0.29, 0.717) is 5.69 Å². The summed E-state index contributed by atoms with van der Waals surface area (Å²) in [6.07, 6.45) is 0. The fourth-order valence-electron chi connectivity index (χ4n) is 1.87. The number of halogens is 1. The number of carbonyl (C=O) groups excluding carboxylic acids is 1. The molecule has 0 aromatic heterocycles. The number of nitrogens with one attached hydrogen (secondary N) is 3. The molecular formula is C15H15FN5O3S2+. The van der Waals surface area contributed by atoms with Gasteiger partial charge in [-0.1, -0.05) is 0 Å². The summed E-state index contributed by atoms with van der Waals surface area (Å²) in [5.41, 5.74) is 10.9. The van der Waals surface area contributed by atoms with Gasteiger partial charge in [0.15, 0.2) is 5.11 Å². The smallest absolute Gasteiger partial charge is 0.332 e. The van der Waals surface area contributed by atoms with Crippen molar-refractivity contribution in [2.75, 3.05) is 5.32 Å². The summed E-state index contributed by atoms with van der Waals surface area (Å²) in [6.45, 7) is 0. The van der Waals surface area contributed by atoms with Crippen LogP contribution in [-0.2, 0) is 10.0 Å². The lowest BCUT2D eigenvalue weighted by Gasteiger charge is -2.10. The highest BCUT2D eigenvalue weighted by Crippen LogP contribution is 2.12. The van der Waals surface area contributed by atoms with Gasteiger partial charge in [0, 0.05) is 11.3 Å². The Bertz CT molecular complexity index is 954. The van der Waals surface area contributed by atoms with E-state index in [1.54, 1.807) is 0 Å². The molecule has 8 nitrogen and oxygen atoms in total. The van der Waals surface area contributed by atoms with Crippen LogP contribution in [0.2, 0.25) is 0 Å². The van der Waals surface area contributed by atoms with Gasteiger partial charge in [-0.25, -0.2) is 4.39 Å². The van der Waals surface area contributed by atoms with Gasteiger partial charge in [0.25, 0.3) is 5.91 Å². The molecule has 0 fully saturated rings. The number of anilines is 1. The van der Waals surface area contributed by atoms with Crippen molar-refractivity contribution in [3.05, 3.63) is 59.9 Å². The first-order valence-electron chi connectivity index (χ1n) is 7.06. The first-order chi connectivity index (χ1) is 12.2. The first-order valence-corrected chi connectivity index (χ1v) is 8.95. The van der Waals surface area contributed by atoms with Gasteiger partial charge in [-0.05, 0) is 60.7 Å². The minimum absolute atomic E-state index is 0.00686. The van der Waals surface area contributed by atoms with Crippen LogP contribution in [0.1, 0.15) is 10.4 Å². The maximum absolute atomic E-state index is 12.9. The van der Waals surface area contributed by atoms with Crippen molar-refractivity contribution in [1.82, 2.24) is 5.32 Å². The zero-order chi connectivity index (χ0) is 19.3. The third kappa shape index (κ3) is 5.22. The van der Waals surface area contributed by atoms with Crippen LogP contribution in [0, 0.1) is 5.82 Å². The van der Waals surface area contributed by atoms with Gasteiger partial charge in [0.05, 0.1) is 0 Å². The summed E-state index contributed by atoms with van der Waals surface area (Å²) in [6, 6.07) is 10.4. The van der Waals surface area contributed by atoms with Gasteiger partial charge in [-0.3, -0.25) is 21.6 Å². The summed E-state index contributed by atoms with van der Waals surface area (Å²) >= 11 is 5.02. The summed E-state index contributed by atoms with van der Waals surface area (Å²) in [5, 5.41) is 5.15. The first kappa shape index (κ1) is 19.3. The number of nitrogens with two attached hydrogens (primary N) is 2. The average Bonchev–Trinajstić information content (AvgIpc) is 2.54. The highest BCUT2D eigenvalue weighted by atomic mass is 32.2. The number of hydrogen-bond acceptors (Lipinski definition) is 4. The SMILES string of the molecule is NC(N)=[NH+]S(=O)(=O)c1ccc(NC(=S)NC(=O)c2ccc(F)cc2)cc1. The molecule has 26 heavy (non-hydrogen) atoms. The van der Waals surface area contributed by atoms with Crippen LogP contribution in [0.4, 0.5) is 10.1 Å². The number of amides is 1. The van der Waals surface area contributed by atoms with E-state index >= 15 is 0 Å². The second-order valence-electron chi connectivity index (χ2n) is 5.00. The number of guanidine groups is 1. The zero-order valence-electron chi connectivity index (χ0n) is 13.2. The Balaban J connectivity index is 2.02. The van der Waals surface area contributed by atoms with Crippen molar-refractivity contribution in [1.29, 1.82) is 0 Å². The van der Waals surface area contributed by atoms with Gasteiger partial charge < -0.3 is 5.32 Å². The van der Waals surface area contributed by atoms with Crippen molar-refractivity contribution in [3.8, 4) is 0 Å². The Kier molecular flexibility index (Phi) is 5.85. The van der Waals surface area contributed by atoms with Crippen molar-refractivity contribution in [3.63, 3.8) is 0 Å². The predicted molar refractivity (Wildman–Crippen MR) is 98.1 cm³/mol. The molecule has 2 aromatic carbocycles. The van der Waals surface area contributed by atoms with E-state index in [9.17, 15) is 17.6 Å². The van der Waals surface area contributed by atoms with Crippen LogP contribution in [0.5, 0.6) is 0 Å². The normalized spacial score (nSPS) is 10.7. The van der Waals surface area contributed by atoms with Crippen LogP contribution in [0.25, 0.3) is 0 Å². The lowest BCUT2D eigenvalue weighted by molar-refractivity contribution is -0.270. The quantitative estimate of drug-likeness (QED) is 0.253. The zero-order valence-corrected chi connectivity index (χ0v) is 14.8. The largest absolute Gasteiger partial charge is 0.353 e. The van der Waals surface area contributed by atoms with Crippen molar-refractivity contribution >= 4 is 44.9 Å². The lowest BCUT2D eigenvalue weighted by Crippen LogP contribution is -2.80. The minimum atomic E-state index is -3.86. The van der Waals surface area contributed by atoms with Gasteiger partial charge in [0.1, 0.15) is 10.7 Å². The molecular weight excluding hydrogens is 381 g/mol. The van der Waals surface area contributed by atoms with E-state index < -0.39 is 27.7 Å². The lowest BCUT2D eigenvalue weighted by atomic mass is 10.2. The van der Waals surface area contributed by atoms with Gasteiger partial charge in [-0.15, -0.1) is 0 Å². The highest BCUT2D eigenvalue weighted by Gasteiger charge is 2.14. The van der Waals surface area contributed by atoms with Crippen molar-refractivity contribution < 1.29 is 22.0 Å². The molecule has 0 radical (unpaired) electrons. The van der Waals surface area contributed by atoms with E-state index in [0.717, 1.165) is 12.1 Å². The molecule has 0 atom stereocenters. The number of thiocarbonyl (C=S) groups is 1. The van der Waals surface area contributed by atoms with Crippen LogP contribution in [0.15, 0.2) is 53.4 Å². The fourth-order valence-corrected chi connectivity index (χ4v) is 3.00. The molecule has 7 N–H and O–H groups in total. The van der Waals surface area contributed by atoms with Crippen LogP contribution in [-0.4, -0.2) is 25.4 Å². The predicted octanol–water partition coefficient (Wildman–Crippen LogP) is -1.00. The molecule has 0 unspecified atom stereocenters. The van der Waals surface area contributed by atoms with Gasteiger partial charge >= 0.3 is 16.0 Å². The second kappa shape index (κ2) is 7.89. The number of rotatable bonds is 4. The molecule has 2 aromatic rings. The van der Waals surface area contributed by atoms with Crippen LogP contribution >= 0.6 is 12.2 Å². The number of carbonyl (C=O) groups is 1. The Morgan fingerprint density at radius 1 is 1.04 bits per heavy atom. The standard InChI is InChI=1S/C15H14FN5O3S2/c16-10-3-1-9(2-4-10)13(22)20-15(25)19-11-5-7-12(8-6-11)26(23,24)21-14(17)18/h1-8H,(H4,17,18,21)(H2,19,20,22,25)/p+1. The van der Waals surface area contributed by atoms with Gasteiger partial charge in [-0.2, -0.15) is 12.8 Å². The van der Waals surface area contributed by atoms with E-state index in [4.69, 9.17) is 23.7 Å². The summed E-state index contributed by atoms with van der Waals surface area (Å²) in [4.78, 5) is 11.9. The van der Waals surface area contributed by atoms with Crippen LogP contribution in [0.3, 0.4) is 0 Å².